The molecule has 3 rings (SSSR count). The summed E-state index contributed by atoms with van der Waals surface area (Å²) in [6.45, 7) is 5.79. The average Bonchev–Trinajstić information content (AvgIpc) is 2.59. The molecule has 0 saturated carbocycles. The van der Waals surface area contributed by atoms with Crippen molar-refractivity contribution < 1.29 is 4.79 Å². The lowest BCUT2D eigenvalue weighted by atomic mass is 10.2. The van der Waals surface area contributed by atoms with Crippen LogP contribution in [-0.2, 0) is 0 Å². The van der Waals surface area contributed by atoms with Crippen LogP contribution in [0.3, 0.4) is 0 Å². The summed E-state index contributed by atoms with van der Waals surface area (Å²) < 4.78 is 0.960. The van der Waals surface area contributed by atoms with E-state index in [0.29, 0.717) is 11.5 Å². The summed E-state index contributed by atoms with van der Waals surface area (Å²) in [5.41, 5.74) is 2.30. The SMILES string of the molecule is Cc1ccc(NC(=O)c2cnc(N3CCN(C)CC3)nc2)cc1Br. The molecule has 0 radical (unpaired) electrons. The lowest BCUT2D eigenvalue weighted by Gasteiger charge is -2.32. The highest BCUT2D eigenvalue weighted by Gasteiger charge is 2.17. The Morgan fingerprint density at radius 3 is 2.46 bits per heavy atom. The topological polar surface area (TPSA) is 61.4 Å². The number of benzene rings is 1. The molecule has 1 aromatic carbocycles. The van der Waals surface area contributed by atoms with Gasteiger partial charge in [0.25, 0.3) is 5.91 Å². The Labute approximate surface area is 150 Å². The second-order valence-corrected chi connectivity index (χ2v) is 6.83. The molecule has 0 atom stereocenters. The quantitative estimate of drug-likeness (QED) is 0.873. The van der Waals surface area contributed by atoms with Gasteiger partial charge in [-0.3, -0.25) is 4.79 Å². The van der Waals surface area contributed by atoms with Crippen molar-refractivity contribution in [3.63, 3.8) is 0 Å². The smallest absolute Gasteiger partial charge is 0.258 e. The maximum absolute atomic E-state index is 12.3. The highest BCUT2D eigenvalue weighted by atomic mass is 79.9. The maximum atomic E-state index is 12.3. The van der Waals surface area contributed by atoms with Crippen molar-refractivity contribution in [2.24, 2.45) is 0 Å². The minimum atomic E-state index is -0.212. The molecule has 0 unspecified atom stereocenters. The minimum Gasteiger partial charge on any atom is -0.338 e. The molecule has 0 aliphatic carbocycles. The van der Waals surface area contributed by atoms with Gasteiger partial charge in [-0.05, 0) is 31.7 Å². The van der Waals surface area contributed by atoms with E-state index in [2.05, 4.69) is 48.1 Å². The number of halogens is 1. The lowest BCUT2D eigenvalue weighted by molar-refractivity contribution is 0.102. The number of amides is 1. The second kappa shape index (κ2) is 7.27. The summed E-state index contributed by atoms with van der Waals surface area (Å²) in [5, 5.41) is 2.86. The molecular formula is C17H20BrN5O. The van der Waals surface area contributed by atoms with Crippen LogP contribution in [0.5, 0.6) is 0 Å². The van der Waals surface area contributed by atoms with Crippen molar-refractivity contribution in [1.29, 1.82) is 0 Å². The van der Waals surface area contributed by atoms with Gasteiger partial charge in [-0.1, -0.05) is 22.0 Å². The third kappa shape index (κ3) is 3.91. The number of carbonyl (C=O) groups excluding carboxylic acids is 1. The first-order valence-electron chi connectivity index (χ1n) is 7.86. The summed E-state index contributed by atoms with van der Waals surface area (Å²) >= 11 is 3.47. The molecule has 2 heterocycles. The largest absolute Gasteiger partial charge is 0.338 e. The van der Waals surface area contributed by atoms with Gasteiger partial charge in [-0.15, -0.1) is 0 Å². The molecule has 1 aromatic heterocycles. The van der Waals surface area contributed by atoms with Crippen molar-refractivity contribution in [3.05, 3.63) is 46.2 Å². The zero-order valence-electron chi connectivity index (χ0n) is 13.8. The van der Waals surface area contributed by atoms with Crippen molar-refractivity contribution in [3.8, 4) is 0 Å². The number of hydrogen-bond donors (Lipinski definition) is 1. The van der Waals surface area contributed by atoms with Gasteiger partial charge in [-0.2, -0.15) is 0 Å². The fraction of sp³-hybridized carbons (Fsp3) is 0.353. The van der Waals surface area contributed by atoms with Gasteiger partial charge >= 0.3 is 0 Å². The maximum Gasteiger partial charge on any atom is 0.258 e. The normalized spacial score (nSPS) is 15.4. The first kappa shape index (κ1) is 16.9. The molecule has 1 amide bonds. The van der Waals surface area contributed by atoms with E-state index < -0.39 is 0 Å². The molecule has 1 aliphatic rings. The van der Waals surface area contributed by atoms with Gasteiger partial charge in [0.2, 0.25) is 5.95 Å². The van der Waals surface area contributed by atoms with Gasteiger partial charge in [-0.25, -0.2) is 9.97 Å². The molecule has 2 aromatic rings. The van der Waals surface area contributed by atoms with E-state index in [1.807, 2.05) is 25.1 Å². The molecule has 1 saturated heterocycles. The number of piperazine rings is 1. The molecule has 126 valence electrons. The molecular weight excluding hydrogens is 370 g/mol. The summed E-state index contributed by atoms with van der Waals surface area (Å²) in [4.78, 5) is 25.4. The molecule has 0 bridgehead atoms. The third-order valence-corrected chi connectivity index (χ3v) is 4.97. The molecule has 1 fully saturated rings. The third-order valence-electron chi connectivity index (χ3n) is 4.12. The Balaban J connectivity index is 1.66. The standard InChI is InChI=1S/C17H20BrN5O/c1-12-3-4-14(9-15(12)18)21-16(24)13-10-19-17(20-11-13)23-7-5-22(2)6-8-23/h3-4,9-11H,5-8H2,1-2H3,(H,21,24). The number of hydrogen-bond acceptors (Lipinski definition) is 5. The number of rotatable bonds is 3. The summed E-state index contributed by atoms with van der Waals surface area (Å²) in [7, 11) is 2.11. The number of nitrogens with zero attached hydrogens (tertiary/aromatic N) is 4. The Morgan fingerprint density at radius 1 is 1.17 bits per heavy atom. The predicted molar refractivity (Wildman–Crippen MR) is 98.6 cm³/mol. The number of likely N-dealkylation sites (N-methyl/N-ethyl adjacent to an activating group) is 1. The van der Waals surface area contributed by atoms with Crippen LogP contribution in [0.2, 0.25) is 0 Å². The van der Waals surface area contributed by atoms with Crippen LogP contribution in [0.1, 0.15) is 15.9 Å². The van der Waals surface area contributed by atoms with Crippen LogP contribution in [0.15, 0.2) is 35.1 Å². The fourth-order valence-corrected chi connectivity index (χ4v) is 2.86. The van der Waals surface area contributed by atoms with Crippen LogP contribution < -0.4 is 10.2 Å². The van der Waals surface area contributed by atoms with Crippen molar-refractivity contribution in [1.82, 2.24) is 14.9 Å². The molecule has 7 heteroatoms. The molecule has 24 heavy (non-hydrogen) atoms. The van der Waals surface area contributed by atoms with Gasteiger partial charge in [0.15, 0.2) is 0 Å². The van der Waals surface area contributed by atoms with Gasteiger partial charge in [0.1, 0.15) is 0 Å². The zero-order chi connectivity index (χ0) is 17.1. The highest BCUT2D eigenvalue weighted by Crippen LogP contribution is 2.21. The Morgan fingerprint density at radius 2 is 1.83 bits per heavy atom. The number of aromatic nitrogens is 2. The van der Waals surface area contributed by atoms with Crippen LogP contribution in [0.4, 0.5) is 11.6 Å². The van der Waals surface area contributed by atoms with Crippen LogP contribution in [0.25, 0.3) is 0 Å². The molecule has 1 N–H and O–H groups in total. The monoisotopic (exact) mass is 389 g/mol. The van der Waals surface area contributed by atoms with E-state index in [-0.39, 0.29) is 5.91 Å². The number of anilines is 2. The van der Waals surface area contributed by atoms with E-state index in [1.165, 1.54) is 0 Å². The van der Waals surface area contributed by atoms with Gasteiger partial charge in [0.05, 0.1) is 5.56 Å². The van der Waals surface area contributed by atoms with Crippen molar-refractivity contribution in [2.75, 3.05) is 43.4 Å². The first-order chi connectivity index (χ1) is 11.5. The number of carbonyl (C=O) groups is 1. The van der Waals surface area contributed by atoms with E-state index in [9.17, 15) is 4.79 Å². The van der Waals surface area contributed by atoms with Crippen LogP contribution >= 0.6 is 15.9 Å². The second-order valence-electron chi connectivity index (χ2n) is 5.98. The van der Waals surface area contributed by atoms with Gasteiger partial charge < -0.3 is 15.1 Å². The number of nitrogens with one attached hydrogen (secondary N) is 1. The van der Waals surface area contributed by atoms with Crippen LogP contribution in [-0.4, -0.2) is 54.0 Å². The fourth-order valence-electron chi connectivity index (χ4n) is 2.48. The Kier molecular flexibility index (Phi) is 5.11. The lowest BCUT2D eigenvalue weighted by Crippen LogP contribution is -2.45. The predicted octanol–water partition coefficient (Wildman–Crippen LogP) is 2.55. The van der Waals surface area contributed by atoms with Crippen molar-refractivity contribution in [2.45, 2.75) is 6.92 Å². The van der Waals surface area contributed by atoms with Crippen LogP contribution in [0, 0.1) is 6.92 Å². The Bertz CT molecular complexity index is 726. The first-order valence-corrected chi connectivity index (χ1v) is 8.65. The van der Waals surface area contributed by atoms with E-state index >= 15 is 0 Å². The Hall–Kier alpha value is -1.99. The average molecular weight is 390 g/mol. The zero-order valence-corrected chi connectivity index (χ0v) is 15.4. The molecule has 0 spiro atoms. The minimum absolute atomic E-state index is 0.212. The number of aryl methyl sites for hydroxylation is 1. The van der Waals surface area contributed by atoms with E-state index in [0.717, 1.165) is 41.9 Å². The summed E-state index contributed by atoms with van der Waals surface area (Å²) in [6.07, 6.45) is 3.17. The molecule has 6 nitrogen and oxygen atoms in total. The summed E-state index contributed by atoms with van der Waals surface area (Å²) in [5.74, 6) is 0.466. The molecule has 1 aliphatic heterocycles. The van der Waals surface area contributed by atoms with Crippen molar-refractivity contribution >= 4 is 33.5 Å². The van der Waals surface area contributed by atoms with E-state index in [4.69, 9.17) is 0 Å². The highest BCUT2D eigenvalue weighted by molar-refractivity contribution is 9.10. The van der Waals surface area contributed by atoms with Gasteiger partial charge in [0, 0.05) is 48.7 Å². The summed E-state index contributed by atoms with van der Waals surface area (Å²) in [6, 6.07) is 5.71. The van der Waals surface area contributed by atoms with E-state index in [1.54, 1.807) is 12.4 Å².